The van der Waals surface area contributed by atoms with Crippen molar-refractivity contribution in [3.8, 4) is 0 Å². The van der Waals surface area contributed by atoms with E-state index in [1.807, 2.05) is 0 Å². The van der Waals surface area contributed by atoms with Gasteiger partial charge in [0.15, 0.2) is 0 Å². The summed E-state index contributed by atoms with van der Waals surface area (Å²) in [6.45, 7) is 5.96. The summed E-state index contributed by atoms with van der Waals surface area (Å²) in [6, 6.07) is -0.0151. The molecule has 0 amide bonds. The Morgan fingerprint density at radius 1 is 1.20 bits per heavy atom. The number of rotatable bonds is 10. The second-order valence-electron chi connectivity index (χ2n) is 4.23. The number of hydrogen-bond donors (Lipinski definition) is 2. The molecule has 2 atom stereocenters. The van der Waals surface area contributed by atoms with E-state index in [-0.39, 0.29) is 12.6 Å². The summed E-state index contributed by atoms with van der Waals surface area (Å²) in [4.78, 5) is 0. The van der Waals surface area contributed by atoms with Gasteiger partial charge in [-0.1, -0.05) is 33.1 Å². The van der Waals surface area contributed by atoms with Crippen LogP contribution in [0.25, 0.3) is 0 Å². The van der Waals surface area contributed by atoms with E-state index in [2.05, 4.69) is 13.8 Å². The molecule has 0 aromatic carbocycles. The van der Waals surface area contributed by atoms with Gasteiger partial charge in [0.2, 0.25) is 0 Å². The highest BCUT2D eigenvalue weighted by Crippen LogP contribution is 2.12. The van der Waals surface area contributed by atoms with Crippen LogP contribution in [0.1, 0.15) is 46.0 Å². The molecule has 3 N–H and O–H groups in total. The molecule has 0 fully saturated rings. The van der Waals surface area contributed by atoms with Crippen LogP contribution >= 0.6 is 0 Å². The Morgan fingerprint density at radius 2 is 1.93 bits per heavy atom. The summed E-state index contributed by atoms with van der Waals surface area (Å²) in [7, 11) is 0. The molecule has 0 aliphatic rings. The molecule has 0 radical (unpaired) electrons. The molecule has 2 unspecified atom stereocenters. The first kappa shape index (κ1) is 14.9. The number of ether oxygens (including phenoxy) is 1. The lowest BCUT2D eigenvalue weighted by molar-refractivity contribution is 0.0785. The van der Waals surface area contributed by atoms with Crippen molar-refractivity contribution in [3.63, 3.8) is 0 Å². The first-order chi connectivity index (χ1) is 7.24. The van der Waals surface area contributed by atoms with Crippen LogP contribution in [-0.4, -0.2) is 31.0 Å². The van der Waals surface area contributed by atoms with Crippen LogP contribution in [0.3, 0.4) is 0 Å². The molecule has 92 valence electrons. The van der Waals surface area contributed by atoms with Gasteiger partial charge in [0.05, 0.1) is 6.61 Å². The summed E-state index contributed by atoms with van der Waals surface area (Å²) < 4.78 is 5.56. The molecule has 0 aliphatic carbocycles. The average Bonchev–Trinajstić information content (AvgIpc) is 2.23. The van der Waals surface area contributed by atoms with E-state index in [1.54, 1.807) is 0 Å². The van der Waals surface area contributed by atoms with Crippen molar-refractivity contribution in [2.75, 3.05) is 19.8 Å². The number of nitrogens with two attached hydrogens (primary N) is 1. The first-order valence-electron chi connectivity index (χ1n) is 6.18. The Labute approximate surface area is 94.0 Å². The normalized spacial score (nSPS) is 15.2. The molecule has 15 heavy (non-hydrogen) atoms. The molecule has 0 saturated heterocycles. The van der Waals surface area contributed by atoms with Crippen LogP contribution in [0.5, 0.6) is 0 Å². The van der Waals surface area contributed by atoms with Gasteiger partial charge in [0, 0.05) is 19.3 Å². The highest BCUT2D eigenvalue weighted by Gasteiger charge is 2.07. The minimum atomic E-state index is -0.0151. The Kier molecular flexibility index (Phi) is 10.3. The van der Waals surface area contributed by atoms with Crippen molar-refractivity contribution < 1.29 is 9.84 Å². The zero-order valence-electron chi connectivity index (χ0n) is 10.2. The quantitative estimate of drug-likeness (QED) is 0.588. The van der Waals surface area contributed by atoms with Crippen LogP contribution < -0.4 is 5.73 Å². The van der Waals surface area contributed by atoms with Gasteiger partial charge in [-0.3, -0.25) is 0 Å². The highest BCUT2D eigenvalue weighted by molar-refractivity contribution is 4.60. The van der Waals surface area contributed by atoms with Crippen LogP contribution in [0.15, 0.2) is 0 Å². The zero-order valence-corrected chi connectivity index (χ0v) is 10.2. The minimum absolute atomic E-state index is 0.0151. The number of unbranched alkanes of at least 4 members (excludes halogenated alkanes) is 1. The van der Waals surface area contributed by atoms with Gasteiger partial charge in [0.1, 0.15) is 0 Å². The smallest absolute Gasteiger partial charge is 0.0618 e. The van der Waals surface area contributed by atoms with E-state index in [0.29, 0.717) is 18.9 Å². The van der Waals surface area contributed by atoms with Crippen LogP contribution in [0.2, 0.25) is 0 Å². The molecule has 0 heterocycles. The van der Waals surface area contributed by atoms with E-state index in [1.165, 1.54) is 25.7 Å². The summed E-state index contributed by atoms with van der Waals surface area (Å²) in [5.41, 5.74) is 5.73. The Morgan fingerprint density at radius 3 is 2.47 bits per heavy atom. The Hall–Kier alpha value is -0.120. The zero-order chi connectivity index (χ0) is 11.5. The number of aliphatic hydroxyl groups is 1. The summed E-state index contributed by atoms with van der Waals surface area (Å²) in [6.07, 6.45) is 5.59. The molecular formula is C12H27NO2. The van der Waals surface area contributed by atoms with Gasteiger partial charge in [0.25, 0.3) is 0 Å². The fraction of sp³-hybridized carbons (Fsp3) is 1.00. The molecule has 0 spiro atoms. The molecular weight excluding hydrogens is 190 g/mol. The van der Waals surface area contributed by atoms with Crippen molar-refractivity contribution in [2.45, 2.75) is 52.0 Å². The van der Waals surface area contributed by atoms with Crippen LogP contribution in [-0.2, 0) is 4.74 Å². The standard InChI is InChI=1S/C12H27NO2/c1-3-5-6-11(4-2)9-15-10-12(13)7-8-14/h11-12,14H,3-10,13H2,1-2H3. The van der Waals surface area contributed by atoms with E-state index in [0.717, 1.165) is 6.61 Å². The van der Waals surface area contributed by atoms with Crippen molar-refractivity contribution in [3.05, 3.63) is 0 Å². The predicted octanol–water partition coefficient (Wildman–Crippen LogP) is 1.93. The lowest BCUT2D eigenvalue weighted by atomic mass is 10.0. The second-order valence-corrected chi connectivity index (χ2v) is 4.23. The third-order valence-corrected chi connectivity index (χ3v) is 2.73. The predicted molar refractivity (Wildman–Crippen MR) is 63.8 cm³/mol. The summed E-state index contributed by atoms with van der Waals surface area (Å²) in [5, 5.41) is 8.67. The topological polar surface area (TPSA) is 55.5 Å². The maximum absolute atomic E-state index is 8.67. The lowest BCUT2D eigenvalue weighted by Crippen LogP contribution is -2.28. The molecule has 0 rings (SSSR count). The average molecular weight is 217 g/mol. The van der Waals surface area contributed by atoms with Gasteiger partial charge in [-0.05, 0) is 18.8 Å². The van der Waals surface area contributed by atoms with Crippen LogP contribution in [0.4, 0.5) is 0 Å². The number of aliphatic hydroxyl groups excluding tert-OH is 1. The van der Waals surface area contributed by atoms with E-state index < -0.39 is 0 Å². The molecule has 0 aliphatic heterocycles. The Bertz CT molecular complexity index is 131. The molecule has 0 aromatic heterocycles. The van der Waals surface area contributed by atoms with Crippen molar-refractivity contribution in [2.24, 2.45) is 11.7 Å². The minimum Gasteiger partial charge on any atom is -0.396 e. The molecule has 3 heteroatoms. The molecule has 0 saturated carbocycles. The maximum Gasteiger partial charge on any atom is 0.0618 e. The fourth-order valence-corrected chi connectivity index (χ4v) is 1.53. The SMILES string of the molecule is CCCCC(CC)COCC(N)CCO. The van der Waals surface area contributed by atoms with Crippen molar-refractivity contribution >= 4 is 0 Å². The van der Waals surface area contributed by atoms with Crippen molar-refractivity contribution in [1.82, 2.24) is 0 Å². The summed E-state index contributed by atoms with van der Waals surface area (Å²) >= 11 is 0. The third kappa shape index (κ3) is 8.85. The maximum atomic E-state index is 8.67. The number of hydrogen-bond acceptors (Lipinski definition) is 3. The first-order valence-corrected chi connectivity index (χ1v) is 6.18. The summed E-state index contributed by atoms with van der Waals surface area (Å²) in [5.74, 6) is 0.672. The molecule has 0 aromatic rings. The van der Waals surface area contributed by atoms with E-state index in [4.69, 9.17) is 15.6 Å². The highest BCUT2D eigenvalue weighted by atomic mass is 16.5. The third-order valence-electron chi connectivity index (χ3n) is 2.73. The Balaban J connectivity index is 3.44. The van der Waals surface area contributed by atoms with E-state index in [9.17, 15) is 0 Å². The van der Waals surface area contributed by atoms with Gasteiger partial charge in [-0.2, -0.15) is 0 Å². The lowest BCUT2D eigenvalue weighted by Gasteiger charge is -2.16. The van der Waals surface area contributed by atoms with Crippen molar-refractivity contribution in [1.29, 1.82) is 0 Å². The van der Waals surface area contributed by atoms with Gasteiger partial charge < -0.3 is 15.6 Å². The van der Waals surface area contributed by atoms with Gasteiger partial charge in [-0.25, -0.2) is 0 Å². The van der Waals surface area contributed by atoms with Crippen LogP contribution in [0, 0.1) is 5.92 Å². The van der Waals surface area contributed by atoms with Gasteiger partial charge >= 0.3 is 0 Å². The van der Waals surface area contributed by atoms with E-state index >= 15 is 0 Å². The second kappa shape index (κ2) is 10.4. The monoisotopic (exact) mass is 217 g/mol. The van der Waals surface area contributed by atoms with Gasteiger partial charge in [-0.15, -0.1) is 0 Å². The molecule has 0 bridgehead atoms. The fourth-order valence-electron chi connectivity index (χ4n) is 1.53. The largest absolute Gasteiger partial charge is 0.396 e. The molecule has 3 nitrogen and oxygen atoms in total.